The number of hydrogen-bond donors (Lipinski definition) is 0. The molecule has 0 bridgehead atoms. The highest BCUT2D eigenvalue weighted by Gasteiger charge is 2.09. The Morgan fingerprint density at radius 3 is 2.73 bits per heavy atom. The summed E-state index contributed by atoms with van der Waals surface area (Å²) in [6, 6.07) is 0. The van der Waals surface area contributed by atoms with Gasteiger partial charge in [-0.2, -0.15) is 0 Å². The molecule has 11 heavy (non-hydrogen) atoms. The molecule has 0 aromatic carbocycles. The fourth-order valence-electron chi connectivity index (χ4n) is 1.23. The van der Waals surface area contributed by atoms with E-state index in [1.54, 1.807) is 0 Å². The number of rotatable bonds is 3. The van der Waals surface area contributed by atoms with Crippen LogP contribution < -0.4 is 0 Å². The summed E-state index contributed by atoms with van der Waals surface area (Å²) >= 11 is 0. The lowest BCUT2D eigenvalue weighted by Gasteiger charge is -2.18. The van der Waals surface area contributed by atoms with Crippen molar-refractivity contribution in [2.75, 3.05) is 13.2 Å². The molecule has 0 unspecified atom stereocenters. The predicted octanol–water partition coefficient (Wildman–Crippen LogP) is 1.56. The summed E-state index contributed by atoms with van der Waals surface area (Å²) in [5.41, 5.74) is 0. The van der Waals surface area contributed by atoms with Crippen LogP contribution in [0.1, 0.15) is 19.3 Å². The molecule has 0 N–H and O–H groups in total. The zero-order valence-corrected chi connectivity index (χ0v) is 6.66. The van der Waals surface area contributed by atoms with E-state index in [0.29, 0.717) is 12.3 Å². The van der Waals surface area contributed by atoms with Gasteiger partial charge in [0.25, 0.3) is 0 Å². The van der Waals surface area contributed by atoms with Crippen LogP contribution in [0.3, 0.4) is 0 Å². The van der Waals surface area contributed by atoms with Gasteiger partial charge in [0.1, 0.15) is 6.29 Å². The topological polar surface area (TPSA) is 26.3 Å². The Kier molecular flexibility index (Phi) is 3.91. The van der Waals surface area contributed by atoms with Gasteiger partial charge in [-0.1, -0.05) is 12.2 Å². The largest absolute Gasteiger partial charge is 0.381 e. The summed E-state index contributed by atoms with van der Waals surface area (Å²) in [6.07, 6.45) is 7.78. The van der Waals surface area contributed by atoms with Gasteiger partial charge in [-0.15, -0.1) is 0 Å². The minimum atomic E-state index is 0.553. The SMILES string of the molecule is O=CC/C=C\C1CCOCC1. The van der Waals surface area contributed by atoms with E-state index < -0.39 is 0 Å². The summed E-state index contributed by atoms with van der Waals surface area (Å²) in [5.74, 6) is 0.642. The Hall–Kier alpha value is -0.630. The first kappa shape index (κ1) is 8.47. The van der Waals surface area contributed by atoms with Crippen LogP contribution in [0.2, 0.25) is 0 Å². The van der Waals surface area contributed by atoms with Crippen LogP contribution >= 0.6 is 0 Å². The lowest BCUT2D eigenvalue weighted by Crippen LogP contribution is -2.13. The second kappa shape index (κ2) is 5.08. The van der Waals surface area contributed by atoms with Crippen molar-refractivity contribution >= 4 is 6.29 Å². The highest BCUT2D eigenvalue weighted by atomic mass is 16.5. The zero-order chi connectivity index (χ0) is 7.94. The molecule has 1 rings (SSSR count). The maximum absolute atomic E-state index is 9.97. The van der Waals surface area contributed by atoms with Gasteiger partial charge >= 0.3 is 0 Å². The van der Waals surface area contributed by atoms with Crippen LogP contribution in [0.25, 0.3) is 0 Å². The minimum absolute atomic E-state index is 0.553. The molecule has 0 atom stereocenters. The van der Waals surface area contributed by atoms with Crippen molar-refractivity contribution in [3.05, 3.63) is 12.2 Å². The maximum atomic E-state index is 9.97. The van der Waals surface area contributed by atoms with Crippen molar-refractivity contribution in [2.45, 2.75) is 19.3 Å². The van der Waals surface area contributed by atoms with Crippen LogP contribution in [0.5, 0.6) is 0 Å². The van der Waals surface area contributed by atoms with Crippen molar-refractivity contribution in [3.63, 3.8) is 0 Å². The fraction of sp³-hybridized carbons (Fsp3) is 0.667. The molecule has 1 saturated heterocycles. The third-order valence-corrected chi connectivity index (χ3v) is 1.91. The Morgan fingerprint density at radius 1 is 1.36 bits per heavy atom. The molecule has 1 aliphatic heterocycles. The van der Waals surface area contributed by atoms with E-state index in [1.165, 1.54) is 0 Å². The Labute approximate surface area is 67.2 Å². The second-order valence-corrected chi connectivity index (χ2v) is 2.78. The monoisotopic (exact) mass is 154 g/mol. The van der Waals surface area contributed by atoms with Gasteiger partial charge in [-0.3, -0.25) is 0 Å². The number of ether oxygens (including phenoxy) is 1. The average molecular weight is 154 g/mol. The number of hydrogen-bond acceptors (Lipinski definition) is 2. The van der Waals surface area contributed by atoms with Gasteiger partial charge in [0.2, 0.25) is 0 Å². The highest BCUT2D eigenvalue weighted by Crippen LogP contribution is 2.15. The minimum Gasteiger partial charge on any atom is -0.381 e. The van der Waals surface area contributed by atoms with E-state index in [2.05, 4.69) is 6.08 Å². The Morgan fingerprint density at radius 2 is 2.09 bits per heavy atom. The zero-order valence-electron chi connectivity index (χ0n) is 6.66. The molecular formula is C9H14O2. The molecule has 0 aliphatic carbocycles. The molecule has 1 fully saturated rings. The summed E-state index contributed by atoms with van der Waals surface area (Å²) < 4.78 is 5.20. The summed E-state index contributed by atoms with van der Waals surface area (Å²) in [7, 11) is 0. The molecule has 0 spiro atoms. The van der Waals surface area contributed by atoms with Crippen molar-refractivity contribution in [1.29, 1.82) is 0 Å². The van der Waals surface area contributed by atoms with E-state index in [-0.39, 0.29) is 0 Å². The smallest absolute Gasteiger partial charge is 0.123 e. The average Bonchev–Trinajstić information content (AvgIpc) is 2.07. The number of carbonyl (C=O) groups excluding carboxylic acids is 1. The molecule has 0 amide bonds. The Balaban J connectivity index is 2.18. The molecule has 2 nitrogen and oxygen atoms in total. The van der Waals surface area contributed by atoms with Gasteiger partial charge in [-0.25, -0.2) is 0 Å². The lowest BCUT2D eigenvalue weighted by atomic mass is 10.00. The van der Waals surface area contributed by atoms with Crippen molar-refractivity contribution < 1.29 is 9.53 Å². The second-order valence-electron chi connectivity index (χ2n) is 2.78. The van der Waals surface area contributed by atoms with E-state index in [4.69, 9.17) is 4.74 Å². The maximum Gasteiger partial charge on any atom is 0.123 e. The molecule has 0 radical (unpaired) electrons. The molecule has 0 aromatic heterocycles. The third-order valence-electron chi connectivity index (χ3n) is 1.91. The van der Waals surface area contributed by atoms with Gasteiger partial charge in [0.15, 0.2) is 0 Å². The summed E-state index contributed by atoms with van der Waals surface area (Å²) in [5, 5.41) is 0. The summed E-state index contributed by atoms with van der Waals surface area (Å²) in [6.45, 7) is 1.74. The van der Waals surface area contributed by atoms with Crippen molar-refractivity contribution in [3.8, 4) is 0 Å². The molecule has 1 heterocycles. The van der Waals surface area contributed by atoms with Crippen molar-refractivity contribution in [1.82, 2.24) is 0 Å². The first-order valence-electron chi connectivity index (χ1n) is 4.11. The summed E-state index contributed by atoms with van der Waals surface area (Å²) in [4.78, 5) is 9.97. The van der Waals surface area contributed by atoms with Crippen LogP contribution in [0.4, 0.5) is 0 Å². The van der Waals surface area contributed by atoms with Crippen molar-refractivity contribution in [2.24, 2.45) is 5.92 Å². The lowest BCUT2D eigenvalue weighted by molar-refractivity contribution is -0.107. The van der Waals surface area contributed by atoms with Crippen LogP contribution in [0.15, 0.2) is 12.2 Å². The molecule has 0 saturated carbocycles. The normalized spacial score (nSPS) is 20.7. The molecule has 62 valence electrons. The van der Waals surface area contributed by atoms with Gasteiger partial charge < -0.3 is 9.53 Å². The number of carbonyl (C=O) groups is 1. The first-order chi connectivity index (χ1) is 5.43. The van der Waals surface area contributed by atoms with Crippen LogP contribution in [-0.2, 0) is 9.53 Å². The molecule has 2 heteroatoms. The van der Waals surface area contributed by atoms with E-state index >= 15 is 0 Å². The van der Waals surface area contributed by atoms with Gasteiger partial charge in [-0.05, 0) is 18.8 Å². The third kappa shape index (κ3) is 3.33. The quantitative estimate of drug-likeness (QED) is 0.455. The van der Waals surface area contributed by atoms with Gasteiger partial charge in [0.05, 0.1) is 0 Å². The standard InChI is InChI=1S/C9H14O2/c10-6-2-1-3-9-4-7-11-8-5-9/h1,3,6,9H,2,4-5,7-8H2/b3-1-. The van der Waals surface area contributed by atoms with Crippen LogP contribution in [-0.4, -0.2) is 19.5 Å². The van der Waals surface area contributed by atoms with E-state index in [1.807, 2.05) is 6.08 Å². The predicted molar refractivity (Wildman–Crippen MR) is 43.4 cm³/mol. The molecule has 1 aliphatic rings. The van der Waals surface area contributed by atoms with E-state index in [0.717, 1.165) is 32.3 Å². The first-order valence-corrected chi connectivity index (χ1v) is 4.11. The molecular weight excluding hydrogens is 140 g/mol. The van der Waals surface area contributed by atoms with E-state index in [9.17, 15) is 4.79 Å². The molecule has 0 aromatic rings. The highest BCUT2D eigenvalue weighted by molar-refractivity contribution is 5.51. The number of aldehydes is 1. The van der Waals surface area contributed by atoms with Crippen LogP contribution in [0, 0.1) is 5.92 Å². The van der Waals surface area contributed by atoms with Gasteiger partial charge in [0, 0.05) is 19.6 Å². The Bertz CT molecular complexity index is 134. The fourth-order valence-corrected chi connectivity index (χ4v) is 1.23. The number of allylic oxidation sites excluding steroid dienone is 2.